The minimum atomic E-state index is -0.319. The molecule has 0 bridgehead atoms. The highest BCUT2D eigenvalue weighted by Crippen LogP contribution is 2.21. The van der Waals surface area contributed by atoms with Crippen LogP contribution in [0.4, 0.5) is 5.69 Å². The van der Waals surface area contributed by atoms with Crippen LogP contribution in [-0.4, -0.2) is 23.3 Å². The lowest BCUT2D eigenvalue weighted by molar-refractivity contribution is -0.115. The lowest BCUT2D eigenvalue weighted by Gasteiger charge is -2.13. The van der Waals surface area contributed by atoms with Crippen LogP contribution in [0.3, 0.4) is 0 Å². The largest absolute Gasteiger partial charge is 0.343 e. The quantitative estimate of drug-likeness (QED) is 0.910. The van der Waals surface area contributed by atoms with E-state index < -0.39 is 0 Å². The first-order valence-corrected chi connectivity index (χ1v) is 7.03. The Morgan fingerprint density at radius 3 is 2.41 bits per heavy atom. The maximum Gasteiger partial charge on any atom is 0.253 e. The second-order valence-corrected chi connectivity index (χ2v) is 5.25. The Bertz CT molecular complexity index is 673. The van der Waals surface area contributed by atoms with Crippen molar-refractivity contribution < 1.29 is 9.59 Å². The van der Waals surface area contributed by atoms with Crippen LogP contribution < -0.4 is 10.6 Å². The Morgan fingerprint density at radius 2 is 1.82 bits per heavy atom. The molecular weight excluding hydrogens is 278 g/mol. The summed E-state index contributed by atoms with van der Waals surface area (Å²) in [6.45, 7) is 5.83. The molecule has 2 N–H and O–H groups in total. The molecule has 0 saturated carbocycles. The van der Waals surface area contributed by atoms with Gasteiger partial charge in [0.05, 0.1) is 12.1 Å². The number of amides is 2. The zero-order chi connectivity index (χ0) is 16.1. The molecule has 0 aliphatic rings. The predicted octanol–water partition coefficient (Wildman–Crippen LogP) is 2.38. The Morgan fingerprint density at radius 1 is 1.14 bits per heavy atom. The number of hydrogen-bond donors (Lipinski definition) is 2. The van der Waals surface area contributed by atoms with Gasteiger partial charge in [-0.15, -0.1) is 0 Å². The molecule has 0 unspecified atom stereocenters. The maximum absolute atomic E-state index is 12.0. The molecule has 1 aromatic heterocycles. The number of rotatable bonds is 4. The summed E-state index contributed by atoms with van der Waals surface area (Å²) in [5, 5.41) is 5.42. The number of nitrogens with one attached hydrogen (secondary N) is 2. The Kier molecular flexibility index (Phi) is 4.88. The number of benzene rings is 1. The van der Waals surface area contributed by atoms with Crippen LogP contribution in [-0.2, 0) is 4.79 Å². The van der Waals surface area contributed by atoms with E-state index in [1.54, 1.807) is 18.3 Å². The fourth-order valence-electron chi connectivity index (χ4n) is 2.32. The van der Waals surface area contributed by atoms with E-state index in [0.717, 1.165) is 22.4 Å². The molecule has 1 aromatic carbocycles. The molecule has 5 nitrogen and oxygen atoms in total. The van der Waals surface area contributed by atoms with Gasteiger partial charge in [0, 0.05) is 18.1 Å². The summed E-state index contributed by atoms with van der Waals surface area (Å²) in [6.07, 6.45) is 3.05. The minimum Gasteiger partial charge on any atom is -0.343 e. The minimum absolute atomic E-state index is 0.0829. The number of carbonyl (C=O) groups is 2. The van der Waals surface area contributed by atoms with E-state index >= 15 is 0 Å². The molecular formula is C17H19N3O2. The molecule has 0 atom stereocenters. The average Bonchev–Trinajstić information content (AvgIpc) is 2.49. The van der Waals surface area contributed by atoms with Gasteiger partial charge in [-0.1, -0.05) is 17.7 Å². The number of aromatic nitrogens is 1. The molecule has 1 heterocycles. The van der Waals surface area contributed by atoms with Crippen molar-refractivity contribution >= 4 is 17.5 Å². The standard InChI is InChI=1S/C17H19N3O2/c1-11-7-12(2)16(13(3)8-11)20-15(21)10-19-17(22)14-5-4-6-18-9-14/h4-9H,10H2,1-3H3,(H,19,22)(H,20,21). The van der Waals surface area contributed by atoms with Crippen LogP contribution in [0.2, 0.25) is 0 Å². The summed E-state index contributed by atoms with van der Waals surface area (Å²) in [6, 6.07) is 7.34. The van der Waals surface area contributed by atoms with Gasteiger partial charge in [-0.25, -0.2) is 0 Å². The van der Waals surface area contributed by atoms with Crippen molar-refractivity contribution in [2.75, 3.05) is 11.9 Å². The summed E-state index contributed by atoms with van der Waals surface area (Å²) < 4.78 is 0. The SMILES string of the molecule is Cc1cc(C)c(NC(=O)CNC(=O)c2cccnc2)c(C)c1. The highest BCUT2D eigenvalue weighted by molar-refractivity contribution is 5.99. The fraction of sp³-hybridized carbons (Fsp3) is 0.235. The molecule has 0 saturated heterocycles. The van der Waals surface area contributed by atoms with Gasteiger partial charge < -0.3 is 10.6 Å². The smallest absolute Gasteiger partial charge is 0.253 e. The zero-order valence-corrected chi connectivity index (χ0v) is 12.9. The van der Waals surface area contributed by atoms with Crippen LogP contribution in [0.15, 0.2) is 36.7 Å². The number of aryl methyl sites for hydroxylation is 3. The Hall–Kier alpha value is -2.69. The summed E-state index contributed by atoms with van der Waals surface area (Å²) in [7, 11) is 0. The first-order chi connectivity index (χ1) is 10.5. The van der Waals surface area contributed by atoms with Gasteiger partial charge >= 0.3 is 0 Å². The van der Waals surface area contributed by atoms with E-state index in [0.29, 0.717) is 5.56 Å². The highest BCUT2D eigenvalue weighted by Gasteiger charge is 2.10. The van der Waals surface area contributed by atoms with Crippen LogP contribution >= 0.6 is 0 Å². The van der Waals surface area contributed by atoms with Gasteiger partial charge in [-0.2, -0.15) is 0 Å². The molecule has 0 aliphatic carbocycles. The Balaban J connectivity index is 1.95. The van der Waals surface area contributed by atoms with Crippen LogP contribution in [0.5, 0.6) is 0 Å². The van der Waals surface area contributed by atoms with Crippen molar-refractivity contribution in [2.45, 2.75) is 20.8 Å². The van der Waals surface area contributed by atoms with E-state index in [-0.39, 0.29) is 18.4 Å². The average molecular weight is 297 g/mol. The third-order valence-electron chi connectivity index (χ3n) is 3.27. The zero-order valence-electron chi connectivity index (χ0n) is 12.9. The molecule has 2 aromatic rings. The molecule has 5 heteroatoms. The maximum atomic E-state index is 12.0. The predicted molar refractivity (Wildman–Crippen MR) is 85.9 cm³/mol. The topological polar surface area (TPSA) is 71.1 Å². The lowest BCUT2D eigenvalue weighted by atomic mass is 10.1. The number of carbonyl (C=O) groups excluding carboxylic acids is 2. The molecule has 0 spiro atoms. The van der Waals surface area contributed by atoms with Crippen molar-refractivity contribution in [3.05, 3.63) is 58.9 Å². The first kappa shape index (κ1) is 15.7. The van der Waals surface area contributed by atoms with Gasteiger partial charge in [0.15, 0.2) is 0 Å². The summed E-state index contributed by atoms with van der Waals surface area (Å²) in [5.41, 5.74) is 4.39. The van der Waals surface area contributed by atoms with Gasteiger partial charge in [0.1, 0.15) is 0 Å². The van der Waals surface area contributed by atoms with E-state index in [2.05, 4.69) is 15.6 Å². The van der Waals surface area contributed by atoms with Crippen LogP contribution in [0.1, 0.15) is 27.0 Å². The van der Waals surface area contributed by atoms with Crippen molar-refractivity contribution in [1.29, 1.82) is 0 Å². The van der Waals surface area contributed by atoms with Crippen molar-refractivity contribution in [3.8, 4) is 0 Å². The fourth-order valence-corrected chi connectivity index (χ4v) is 2.32. The van der Waals surface area contributed by atoms with Gasteiger partial charge in [0.2, 0.25) is 5.91 Å². The van der Waals surface area contributed by atoms with E-state index in [1.807, 2.05) is 32.9 Å². The van der Waals surface area contributed by atoms with Crippen LogP contribution in [0.25, 0.3) is 0 Å². The molecule has 0 fully saturated rings. The normalized spacial score (nSPS) is 10.1. The van der Waals surface area contributed by atoms with Crippen molar-refractivity contribution in [1.82, 2.24) is 10.3 Å². The number of nitrogens with zero attached hydrogens (tertiary/aromatic N) is 1. The molecule has 2 amide bonds. The number of pyridine rings is 1. The monoisotopic (exact) mass is 297 g/mol. The molecule has 0 aliphatic heterocycles. The highest BCUT2D eigenvalue weighted by atomic mass is 16.2. The third-order valence-corrected chi connectivity index (χ3v) is 3.27. The van der Waals surface area contributed by atoms with Gasteiger partial charge in [-0.3, -0.25) is 14.6 Å². The lowest BCUT2D eigenvalue weighted by Crippen LogP contribution is -2.33. The van der Waals surface area contributed by atoms with Crippen molar-refractivity contribution in [2.24, 2.45) is 0 Å². The third kappa shape index (κ3) is 3.91. The van der Waals surface area contributed by atoms with E-state index in [4.69, 9.17) is 0 Å². The molecule has 22 heavy (non-hydrogen) atoms. The second-order valence-electron chi connectivity index (χ2n) is 5.25. The summed E-state index contributed by atoms with van der Waals surface area (Å²) >= 11 is 0. The van der Waals surface area contributed by atoms with E-state index in [1.165, 1.54) is 6.20 Å². The summed E-state index contributed by atoms with van der Waals surface area (Å²) in [5.74, 6) is -0.576. The second kappa shape index (κ2) is 6.85. The molecule has 0 radical (unpaired) electrons. The number of anilines is 1. The molecule has 2 rings (SSSR count). The van der Waals surface area contributed by atoms with Gasteiger partial charge in [-0.05, 0) is 44.0 Å². The van der Waals surface area contributed by atoms with Gasteiger partial charge in [0.25, 0.3) is 5.91 Å². The van der Waals surface area contributed by atoms with Crippen LogP contribution in [0, 0.1) is 20.8 Å². The van der Waals surface area contributed by atoms with Crippen molar-refractivity contribution in [3.63, 3.8) is 0 Å². The number of hydrogen-bond acceptors (Lipinski definition) is 3. The first-order valence-electron chi connectivity index (χ1n) is 7.03. The summed E-state index contributed by atoms with van der Waals surface area (Å²) in [4.78, 5) is 27.7. The van der Waals surface area contributed by atoms with E-state index in [9.17, 15) is 9.59 Å². The molecule has 114 valence electrons. The Labute approximate surface area is 129 Å².